The van der Waals surface area contributed by atoms with E-state index in [4.69, 9.17) is 12.2 Å². The lowest BCUT2D eigenvalue weighted by Gasteiger charge is -2.24. The summed E-state index contributed by atoms with van der Waals surface area (Å²) >= 11 is 5.74. The van der Waals surface area contributed by atoms with Crippen molar-refractivity contribution in [2.75, 3.05) is 4.90 Å². The van der Waals surface area contributed by atoms with Gasteiger partial charge >= 0.3 is 0 Å². The first-order valence-corrected chi connectivity index (χ1v) is 9.42. The first-order valence-electron chi connectivity index (χ1n) is 9.01. The Morgan fingerprint density at radius 1 is 0.741 bits per heavy atom. The van der Waals surface area contributed by atoms with Gasteiger partial charge in [0.05, 0.1) is 6.54 Å². The molecular formula is C23H20N2OS. The van der Waals surface area contributed by atoms with Gasteiger partial charge in [0.25, 0.3) is 5.91 Å². The van der Waals surface area contributed by atoms with E-state index in [1.807, 2.05) is 83.8 Å². The van der Waals surface area contributed by atoms with Crippen molar-refractivity contribution in [1.82, 2.24) is 4.90 Å². The summed E-state index contributed by atoms with van der Waals surface area (Å²) in [6, 6.07) is 29.7. The Bertz CT molecular complexity index is 928. The molecule has 1 fully saturated rings. The SMILES string of the molecule is O=C1[C@H](Cc2ccccc2)N(c2ccccc2)C(=S)N1Cc1ccccc1. The minimum atomic E-state index is -0.328. The molecule has 0 aliphatic carbocycles. The van der Waals surface area contributed by atoms with Gasteiger partial charge in [0.2, 0.25) is 0 Å². The molecule has 0 spiro atoms. The van der Waals surface area contributed by atoms with Crippen LogP contribution in [-0.2, 0) is 17.8 Å². The zero-order valence-electron chi connectivity index (χ0n) is 14.9. The van der Waals surface area contributed by atoms with Crippen LogP contribution >= 0.6 is 12.2 Å². The van der Waals surface area contributed by atoms with E-state index in [9.17, 15) is 4.79 Å². The molecule has 4 heteroatoms. The van der Waals surface area contributed by atoms with E-state index in [1.54, 1.807) is 4.90 Å². The fourth-order valence-electron chi connectivity index (χ4n) is 3.45. The van der Waals surface area contributed by atoms with Crippen LogP contribution in [0.1, 0.15) is 11.1 Å². The molecule has 0 aromatic heterocycles. The summed E-state index contributed by atoms with van der Waals surface area (Å²) in [7, 11) is 0. The average molecular weight is 372 g/mol. The van der Waals surface area contributed by atoms with Gasteiger partial charge in [-0.05, 0) is 35.5 Å². The van der Waals surface area contributed by atoms with Crippen LogP contribution in [0, 0.1) is 0 Å². The number of thiocarbonyl (C=S) groups is 1. The molecule has 0 N–H and O–H groups in total. The highest BCUT2D eigenvalue weighted by atomic mass is 32.1. The third-order valence-electron chi connectivity index (χ3n) is 4.79. The van der Waals surface area contributed by atoms with Gasteiger partial charge in [-0.15, -0.1) is 0 Å². The third kappa shape index (κ3) is 3.62. The van der Waals surface area contributed by atoms with Gasteiger partial charge in [-0.2, -0.15) is 0 Å². The monoisotopic (exact) mass is 372 g/mol. The van der Waals surface area contributed by atoms with Crippen LogP contribution < -0.4 is 4.90 Å². The zero-order chi connectivity index (χ0) is 18.6. The Morgan fingerprint density at radius 3 is 1.85 bits per heavy atom. The van der Waals surface area contributed by atoms with Gasteiger partial charge in [-0.3, -0.25) is 9.69 Å². The minimum absolute atomic E-state index is 0.0524. The third-order valence-corrected chi connectivity index (χ3v) is 5.21. The molecule has 1 atom stereocenters. The van der Waals surface area contributed by atoms with E-state index in [0.29, 0.717) is 18.1 Å². The zero-order valence-corrected chi connectivity index (χ0v) is 15.7. The van der Waals surface area contributed by atoms with Crippen LogP contribution in [0.15, 0.2) is 91.0 Å². The van der Waals surface area contributed by atoms with Gasteiger partial charge in [0.1, 0.15) is 6.04 Å². The molecule has 1 amide bonds. The largest absolute Gasteiger partial charge is 0.306 e. The standard InChI is InChI=1S/C23H20N2OS/c26-22-21(16-18-10-4-1-5-11-18)25(20-14-8-3-9-15-20)23(27)24(22)17-19-12-6-2-7-13-19/h1-15,21H,16-17H2/t21-/m0/s1. The highest BCUT2D eigenvalue weighted by Crippen LogP contribution is 2.29. The molecule has 4 rings (SSSR count). The number of nitrogens with zero attached hydrogens (tertiary/aromatic N) is 2. The number of amides is 1. The summed E-state index contributed by atoms with van der Waals surface area (Å²) in [5.41, 5.74) is 3.15. The van der Waals surface area contributed by atoms with Crippen molar-refractivity contribution in [3.8, 4) is 0 Å². The Labute approximate surface area is 164 Å². The van der Waals surface area contributed by atoms with Crippen molar-refractivity contribution in [3.63, 3.8) is 0 Å². The van der Waals surface area contributed by atoms with Crippen molar-refractivity contribution < 1.29 is 4.79 Å². The molecule has 0 unspecified atom stereocenters. The predicted molar refractivity (Wildman–Crippen MR) is 112 cm³/mol. The molecule has 1 aliphatic heterocycles. The van der Waals surface area contributed by atoms with Crippen molar-refractivity contribution in [1.29, 1.82) is 0 Å². The summed E-state index contributed by atoms with van der Waals surface area (Å²) in [6.07, 6.45) is 0.625. The van der Waals surface area contributed by atoms with E-state index in [2.05, 4.69) is 12.1 Å². The maximum atomic E-state index is 13.3. The molecule has 134 valence electrons. The normalized spacial score (nSPS) is 16.8. The Balaban J connectivity index is 1.68. The van der Waals surface area contributed by atoms with Crippen LogP contribution in [0.4, 0.5) is 5.69 Å². The number of carbonyl (C=O) groups is 1. The maximum absolute atomic E-state index is 13.3. The number of anilines is 1. The second-order valence-corrected chi connectivity index (χ2v) is 6.97. The lowest BCUT2D eigenvalue weighted by Crippen LogP contribution is -2.36. The lowest BCUT2D eigenvalue weighted by atomic mass is 10.0. The molecule has 3 nitrogen and oxygen atoms in total. The predicted octanol–water partition coefficient (Wildman–Crippen LogP) is 4.43. The van der Waals surface area contributed by atoms with E-state index in [-0.39, 0.29) is 11.9 Å². The quantitative estimate of drug-likeness (QED) is 0.619. The second-order valence-electron chi connectivity index (χ2n) is 6.60. The van der Waals surface area contributed by atoms with E-state index in [1.165, 1.54) is 0 Å². The highest BCUT2D eigenvalue weighted by molar-refractivity contribution is 7.80. The van der Waals surface area contributed by atoms with Gasteiger partial charge in [-0.1, -0.05) is 78.9 Å². The van der Waals surface area contributed by atoms with Crippen molar-refractivity contribution in [2.45, 2.75) is 19.0 Å². The van der Waals surface area contributed by atoms with Crippen LogP contribution in [0.25, 0.3) is 0 Å². The van der Waals surface area contributed by atoms with Crippen molar-refractivity contribution in [2.24, 2.45) is 0 Å². The number of carbonyl (C=O) groups excluding carboxylic acids is 1. The minimum Gasteiger partial charge on any atom is -0.306 e. The number of hydrogen-bond donors (Lipinski definition) is 0. The van der Waals surface area contributed by atoms with E-state index >= 15 is 0 Å². The van der Waals surface area contributed by atoms with Crippen LogP contribution in [0.3, 0.4) is 0 Å². The number of para-hydroxylation sites is 1. The van der Waals surface area contributed by atoms with Gasteiger partial charge in [-0.25, -0.2) is 0 Å². The molecule has 1 saturated heterocycles. The maximum Gasteiger partial charge on any atom is 0.252 e. The summed E-state index contributed by atoms with van der Waals surface area (Å²) < 4.78 is 0. The number of rotatable bonds is 5. The summed E-state index contributed by atoms with van der Waals surface area (Å²) in [4.78, 5) is 17.0. The van der Waals surface area contributed by atoms with Crippen molar-refractivity contribution in [3.05, 3.63) is 102 Å². The first kappa shape index (κ1) is 17.4. The molecule has 0 radical (unpaired) electrons. The van der Waals surface area contributed by atoms with Gasteiger partial charge < -0.3 is 4.90 Å². The lowest BCUT2D eigenvalue weighted by molar-refractivity contribution is -0.127. The molecule has 0 saturated carbocycles. The second kappa shape index (κ2) is 7.72. The fraction of sp³-hybridized carbons (Fsp3) is 0.130. The Morgan fingerprint density at radius 2 is 1.26 bits per heavy atom. The van der Waals surface area contributed by atoms with E-state index < -0.39 is 0 Å². The fourth-order valence-corrected chi connectivity index (χ4v) is 3.84. The van der Waals surface area contributed by atoms with Gasteiger partial charge in [0, 0.05) is 12.1 Å². The average Bonchev–Trinajstić information content (AvgIpc) is 2.94. The Kier molecular flexibility index (Phi) is 4.99. The smallest absolute Gasteiger partial charge is 0.252 e. The summed E-state index contributed by atoms with van der Waals surface area (Å²) in [5, 5.41) is 0.566. The molecule has 1 heterocycles. The topological polar surface area (TPSA) is 23.6 Å². The van der Waals surface area contributed by atoms with Crippen molar-refractivity contribution >= 4 is 28.9 Å². The molecule has 3 aromatic carbocycles. The van der Waals surface area contributed by atoms with Gasteiger partial charge in [0.15, 0.2) is 5.11 Å². The highest BCUT2D eigenvalue weighted by Gasteiger charge is 2.42. The number of benzene rings is 3. The molecule has 3 aromatic rings. The molecular weight excluding hydrogens is 352 g/mol. The van der Waals surface area contributed by atoms with Crippen LogP contribution in [-0.4, -0.2) is 22.0 Å². The first-order chi connectivity index (χ1) is 13.2. The van der Waals surface area contributed by atoms with E-state index in [0.717, 1.165) is 16.8 Å². The van der Waals surface area contributed by atoms with Crippen LogP contribution in [0.5, 0.6) is 0 Å². The Hall–Kier alpha value is -2.98. The molecule has 1 aliphatic rings. The summed E-state index contributed by atoms with van der Waals surface area (Å²) in [5.74, 6) is 0.0524. The molecule has 0 bridgehead atoms. The molecule has 27 heavy (non-hydrogen) atoms. The summed E-state index contributed by atoms with van der Waals surface area (Å²) in [6.45, 7) is 0.493. The number of hydrogen-bond acceptors (Lipinski definition) is 2. The van der Waals surface area contributed by atoms with Crippen LogP contribution in [0.2, 0.25) is 0 Å².